The van der Waals surface area contributed by atoms with Gasteiger partial charge in [0.15, 0.2) is 10.9 Å². The van der Waals surface area contributed by atoms with E-state index in [4.69, 9.17) is 4.74 Å². The van der Waals surface area contributed by atoms with E-state index in [2.05, 4.69) is 14.5 Å². The van der Waals surface area contributed by atoms with E-state index in [-0.39, 0.29) is 12.6 Å². The van der Waals surface area contributed by atoms with Crippen molar-refractivity contribution in [2.45, 2.75) is 56.2 Å². The second-order valence-corrected chi connectivity index (χ2v) is 7.52. The van der Waals surface area contributed by atoms with Crippen LogP contribution in [0.2, 0.25) is 0 Å². The Hall–Kier alpha value is -1.38. The number of carbonyl (C=O) groups excluding carboxylic acids is 1. The summed E-state index contributed by atoms with van der Waals surface area (Å²) in [6.07, 6.45) is 6.50. The number of thiazole rings is 1. The summed E-state index contributed by atoms with van der Waals surface area (Å²) in [4.78, 5) is 20.5. The zero-order chi connectivity index (χ0) is 16.9. The molecule has 1 saturated carbocycles. The Kier molecular flexibility index (Phi) is 5.91. The van der Waals surface area contributed by atoms with Crippen molar-refractivity contribution in [2.75, 3.05) is 6.61 Å². The van der Waals surface area contributed by atoms with Crippen molar-refractivity contribution in [1.82, 2.24) is 14.5 Å². The maximum Gasteiger partial charge on any atom is 0.357 e. The van der Waals surface area contributed by atoms with Crippen LogP contribution in [0.3, 0.4) is 0 Å². The van der Waals surface area contributed by atoms with Crippen LogP contribution in [0.4, 0.5) is 0 Å². The molecule has 0 amide bonds. The predicted octanol–water partition coefficient (Wildman–Crippen LogP) is 3.42. The third kappa shape index (κ3) is 3.81. The molecule has 0 spiro atoms. The van der Waals surface area contributed by atoms with Gasteiger partial charge in [-0.2, -0.15) is 0 Å². The average Bonchev–Trinajstić information content (AvgIpc) is 3.32. The number of esters is 1. The van der Waals surface area contributed by atoms with Gasteiger partial charge in [0.1, 0.15) is 5.01 Å². The molecule has 130 valence electrons. The molecule has 0 radical (unpaired) electrons. The second kappa shape index (κ2) is 8.13. The minimum absolute atomic E-state index is 0.00825. The van der Waals surface area contributed by atoms with Crippen molar-refractivity contribution < 1.29 is 14.6 Å². The maximum absolute atomic E-state index is 11.7. The number of nitrogens with zero attached hydrogens (tertiary/aromatic N) is 3. The summed E-state index contributed by atoms with van der Waals surface area (Å²) in [6, 6.07) is 0.434. The van der Waals surface area contributed by atoms with Gasteiger partial charge in [-0.05, 0) is 19.8 Å². The molecule has 1 fully saturated rings. The Morgan fingerprint density at radius 2 is 2.29 bits per heavy atom. The second-order valence-electron chi connectivity index (χ2n) is 5.63. The van der Waals surface area contributed by atoms with Crippen LogP contribution in [-0.2, 0) is 17.1 Å². The first-order valence-corrected chi connectivity index (χ1v) is 10.0. The topological polar surface area (TPSA) is 77.2 Å². The molecule has 0 aliphatic heterocycles. The monoisotopic (exact) mass is 367 g/mol. The van der Waals surface area contributed by atoms with Gasteiger partial charge in [0.25, 0.3) is 0 Å². The molecule has 0 saturated heterocycles. The lowest BCUT2D eigenvalue weighted by atomic mass is 10.2. The highest BCUT2D eigenvalue weighted by Crippen LogP contribution is 2.35. The van der Waals surface area contributed by atoms with E-state index in [0.29, 0.717) is 24.1 Å². The van der Waals surface area contributed by atoms with Crippen LogP contribution in [0.1, 0.15) is 59.8 Å². The van der Waals surface area contributed by atoms with Crippen molar-refractivity contribution in [3.8, 4) is 0 Å². The summed E-state index contributed by atoms with van der Waals surface area (Å²) < 4.78 is 7.14. The van der Waals surface area contributed by atoms with Crippen LogP contribution in [0.5, 0.6) is 0 Å². The molecule has 2 aromatic rings. The van der Waals surface area contributed by atoms with Crippen LogP contribution < -0.4 is 0 Å². The molecule has 1 aliphatic carbocycles. The molecule has 1 aliphatic rings. The number of aliphatic hydroxyl groups excluding tert-OH is 1. The standard InChI is InChI=1S/C16H21N3O3S2/c1-2-22-15(21)13-9-23-14(18-13)10-24-16-17-7-12(8-20)19(16)11-5-3-4-6-11/h7,9,11,20H,2-6,8,10H2,1H3. The van der Waals surface area contributed by atoms with Gasteiger partial charge in [-0.25, -0.2) is 14.8 Å². The lowest BCUT2D eigenvalue weighted by Gasteiger charge is -2.17. The van der Waals surface area contributed by atoms with Crippen molar-refractivity contribution in [3.63, 3.8) is 0 Å². The highest BCUT2D eigenvalue weighted by molar-refractivity contribution is 7.98. The summed E-state index contributed by atoms with van der Waals surface area (Å²) >= 11 is 3.05. The first-order chi connectivity index (χ1) is 11.7. The smallest absolute Gasteiger partial charge is 0.357 e. The van der Waals surface area contributed by atoms with Crippen molar-refractivity contribution >= 4 is 29.1 Å². The summed E-state index contributed by atoms with van der Waals surface area (Å²) in [5, 5.41) is 13.1. The number of aliphatic hydroxyl groups is 1. The van der Waals surface area contributed by atoms with E-state index in [0.717, 1.165) is 28.7 Å². The molecule has 0 aromatic carbocycles. The van der Waals surface area contributed by atoms with Crippen LogP contribution in [0.15, 0.2) is 16.7 Å². The molecule has 2 heterocycles. The van der Waals surface area contributed by atoms with Gasteiger partial charge < -0.3 is 14.4 Å². The summed E-state index contributed by atoms with van der Waals surface area (Å²) in [6.45, 7) is 2.14. The maximum atomic E-state index is 11.7. The van der Waals surface area contributed by atoms with E-state index in [9.17, 15) is 9.90 Å². The minimum atomic E-state index is -0.375. The largest absolute Gasteiger partial charge is 0.461 e. The number of ether oxygens (including phenoxy) is 1. The van der Waals surface area contributed by atoms with Crippen LogP contribution in [-0.4, -0.2) is 32.2 Å². The Morgan fingerprint density at radius 3 is 3.00 bits per heavy atom. The lowest BCUT2D eigenvalue weighted by Crippen LogP contribution is -2.10. The quantitative estimate of drug-likeness (QED) is 0.597. The molecule has 3 rings (SSSR count). The summed E-state index contributed by atoms with van der Waals surface area (Å²) in [7, 11) is 0. The number of aromatic nitrogens is 3. The Morgan fingerprint density at radius 1 is 1.50 bits per heavy atom. The molecule has 1 N–H and O–H groups in total. The van der Waals surface area contributed by atoms with Crippen molar-refractivity contribution in [2.24, 2.45) is 0 Å². The zero-order valence-corrected chi connectivity index (χ0v) is 15.2. The zero-order valence-electron chi connectivity index (χ0n) is 13.6. The van der Waals surface area contributed by atoms with Gasteiger partial charge >= 0.3 is 5.97 Å². The third-order valence-electron chi connectivity index (χ3n) is 4.05. The Bertz CT molecular complexity index is 693. The lowest BCUT2D eigenvalue weighted by molar-refractivity contribution is 0.0520. The fraction of sp³-hybridized carbons (Fsp3) is 0.562. The Balaban J connectivity index is 1.68. The van der Waals surface area contributed by atoms with Crippen molar-refractivity contribution in [1.29, 1.82) is 0 Å². The first kappa shape index (κ1) is 17.4. The summed E-state index contributed by atoms with van der Waals surface area (Å²) in [5.74, 6) is 0.276. The highest BCUT2D eigenvalue weighted by Gasteiger charge is 2.23. The van der Waals surface area contributed by atoms with E-state index in [1.54, 1.807) is 30.3 Å². The van der Waals surface area contributed by atoms with E-state index in [1.165, 1.54) is 24.2 Å². The highest BCUT2D eigenvalue weighted by atomic mass is 32.2. The molecule has 24 heavy (non-hydrogen) atoms. The first-order valence-electron chi connectivity index (χ1n) is 8.14. The predicted molar refractivity (Wildman–Crippen MR) is 93.3 cm³/mol. The van der Waals surface area contributed by atoms with Gasteiger partial charge in [0.2, 0.25) is 0 Å². The number of carbonyl (C=O) groups is 1. The summed E-state index contributed by atoms with van der Waals surface area (Å²) in [5.41, 5.74) is 1.24. The minimum Gasteiger partial charge on any atom is -0.461 e. The average molecular weight is 367 g/mol. The molecule has 2 aromatic heterocycles. The molecule has 0 bridgehead atoms. The molecule has 0 unspecified atom stereocenters. The number of rotatable bonds is 7. The molecule has 0 atom stereocenters. The van der Waals surface area contributed by atoms with E-state index < -0.39 is 0 Å². The fourth-order valence-electron chi connectivity index (χ4n) is 2.96. The SMILES string of the molecule is CCOC(=O)c1csc(CSc2ncc(CO)n2C2CCCC2)n1. The number of hydrogen-bond donors (Lipinski definition) is 1. The Labute approximate surface area is 149 Å². The fourth-order valence-corrected chi connectivity index (χ4v) is 4.80. The van der Waals surface area contributed by atoms with Gasteiger partial charge in [-0.1, -0.05) is 24.6 Å². The normalized spacial score (nSPS) is 15.1. The molecular weight excluding hydrogens is 346 g/mol. The van der Waals surface area contributed by atoms with Gasteiger partial charge in [-0.3, -0.25) is 0 Å². The van der Waals surface area contributed by atoms with Gasteiger partial charge in [0.05, 0.1) is 30.9 Å². The van der Waals surface area contributed by atoms with Gasteiger partial charge in [-0.15, -0.1) is 11.3 Å². The van der Waals surface area contributed by atoms with E-state index in [1.807, 2.05) is 0 Å². The van der Waals surface area contributed by atoms with E-state index >= 15 is 0 Å². The van der Waals surface area contributed by atoms with Crippen LogP contribution in [0, 0.1) is 0 Å². The van der Waals surface area contributed by atoms with Gasteiger partial charge in [0, 0.05) is 11.4 Å². The molecular formula is C16H21N3O3S2. The number of thioether (sulfide) groups is 1. The van der Waals surface area contributed by atoms with Crippen molar-refractivity contribution in [3.05, 3.63) is 28.0 Å². The molecule has 6 nitrogen and oxygen atoms in total. The molecule has 8 heteroatoms. The third-order valence-corrected chi connectivity index (χ3v) is 6.06. The number of imidazole rings is 1. The van der Waals surface area contributed by atoms with Crippen LogP contribution in [0.25, 0.3) is 0 Å². The van der Waals surface area contributed by atoms with Crippen LogP contribution >= 0.6 is 23.1 Å². The number of hydrogen-bond acceptors (Lipinski definition) is 7.